The second-order valence-electron chi connectivity index (χ2n) is 5.18. The Hall–Kier alpha value is -2.54. The van der Waals surface area contributed by atoms with Gasteiger partial charge in [-0.2, -0.15) is 0 Å². The zero-order valence-electron chi connectivity index (χ0n) is 14.3. The molecule has 1 aromatic carbocycles. The molecule has 0 aliphatic rings. The van der Waals surface area contributed by atoms with Crippen molar-refractivity contribution in [2.45, 2.75) is 26.7 Å². The number of benzene rings is 1. The van der Waals surface area contributed by atoms with Gasteiger partial charge in [-0.15, -0.1) is 11.3 Å². The number of hydrogen-bond donors (Lipinski definition) is 2. The molecule has 2 N–H and O–H groups in total. The molecule has 1 aromatic heterocycles. The lowest BCUT2D eigenvalue weighted by Gasteiger charge is -2.13. The summed E-state index contributed by atoms with van der Waals surface area (Å²) in [6.45, 7) is 5.01. The van der Waals surface area contributed by atoms with Crippen LogP contribution in [0.3, 0.4) is 0 Å². The number of carbonyl (C=O) groups is 2. The molecular formula is C18H22N2O4S. The molecule has 0 fully saturated rings. The number of rotatable bonds is 8. The number of amides is 2. The zero-order valence-corrected chi connectivity index (χ0v) is 15.2. The largest absolute Gasteiger partial charge is 0.490 e. The van der Waals surface area contributed by atoms with E-state index in [1.807, 2.05) is 6.92 Å². The molecule has 1 heterocycles. The summed E-state index contributed by atoms with van der Waals surface area (Å²) in [5.74, 6) is 0.337. The van der Waals surface area contributed by atoms with Crippen LogP contribution >= 0.6 is 11.3 Å². The third-order valence-corrected chi connectivity index (χ3v) is 4.16. The Morgan fingerprint density at radius 3 is 2.52 bits per heavy atom. The molecule has 0 aliphatic heterocycles. The van der Waals surface area contributed by atoms with E-state index in [-0.39, 0.29) is 5.91 Å². The molecule has 6 nitrogen and oxygen atoms in total. The molecule has 2 amide bonds. The van der Waals surface area contributed by atoms with Crippen molar-refractivity contribution in [3.63, 3.8) is 0 Å². The van der Waals surface area contributed by atoms with E-state index < -0.39 is 5.91 Å². The maximum atomic E-state index is 12.2. The first-order chi connectivity index (χ1) is 12.2. The predicted octanol–water partition coefficient (Wildman–Crippen LogP) is 3.40. The SMILES string of the molecule is CCCCOc1ccc(C(=O)NNC(=O)c2cccs2)cc1OCC. The van der Waals surface area contributed by atoms with Crippen molar-refractivity contribution in [1.82, 2.24) is 10.9 Å². The second kappa shape index (κ2) is 9.68. The summed E-state index contributed by atoms with van der Waals surface area (Å²) in [5, 5.41) is 1.79. The van der Waals surface area contributed by atoms with Crippen LogP contribution in [0.4, 0.5) is 0 Å². The van der Waals surface area contributed by atoms with Gasteiger partial charge >= 0.3 is 0 Å². The summed E-state index contributed by atoms with van der Waals surface area (Å²) in [5.41, 5.74) is 5.16. The van der Waals surface area contributed by atoms with Crippen LogP contribution < -0.4 is 20.3 Å². The Morgan fingerprint density at radius 2 is 1.84 bits per heavy atom. The number of carbonyl (C=O) groups excluding carboxylic acids is 2. The van der Waals surface area contributed by atoms with Crippen LogP contribution in [0.25, 0.3) is 0 Å². The smallest absolute Gasteiger partial charge is 0.279 e. The molecule has 0 unspecified atom stereocenters. The highest BCUT2D eigenvalue weighted by molar-refractivity contribution is 7.12. The van der Waals surface area contributed by atoms with Crippen molar-refractivity contribution in [3.8, 4) is 11.5 Å². The quantitative estimate of drug-likeness (QED) is 0.557. The molecule has 0 bridgehead atoms. The van der Waals surface area contributed by atoms with Crippen molar-refractivity contribution in [2.75, 3.05) is 13.2 Å². The predicted molar refractivity (Wildman–Crippen MR) is 97.3 cm³/mol. The van der Waals surface area contributed by atoms with Crippen LogP contribution in [0.2, 0.25) is 0 Å². The number of thiophene rings is 1. The number of hydrogen-bond acceptors (Lipinski definition) is 5. The van der Waals surface area contributed by atoms with Crippen LogP contribution in [-0.2, 0) is 0 Å². The highest BCUT2D eigenvalue weighted by atomic mass is 32.1. The lowest BCUT2D eigenvalue weighted by molar-refractivity contribution is 0.0848. The third kappa shape index (κ3) is 5.49. The Kier molecular flexibility index (Phi) is 7.28. The standard InChI is InChI=1S/C18H22N2O4S/c1-3-5-10-24-14-9-8-13(12-15(14)23-4-2)17(21)19-20-18(22)16-7-6-11-25-16/h6-9,11-12H,3-5,10H2,1-2H3,(H,19,21)(H,20,22). The molecule has 0 saturated carbocycles. The Morgan fingerprint density at radius 1 is 1.04 bits per heavy atom. The van der Waals surface area contributed by atoms with E-state index in [0.29, 0.717) is 35.2 Å². The minimum absolute atomic E-state index is 0.354. The summed E-state index contributed by atoms with van der Waals surface area (Å²) in [4.78, 5) is 24.6. The lowest BCUT2D eigenvalue weighted by Crippen LogP contribution is -2.41. The summed E-state index contributed by atoms with van der Waals surface area (Å²) in [6.07, 6.45) is 1.98. The Bertz CT molecular complexity index is 701. The molecule has 0 radical (unpaired) electrons. The maximum absolute atomic E-state index is 12.2. The van der Waals surface area contributed by atoms with E-state index in [0.717, 1.165) is 12.8 Å². The topological polar surface area (TPSA) is 76.7 Å². The monoisotopic (exact) mass is 362 g/mol. The fourth-order valence-corrected chi connectivity index (χ4v) is 2.64. The van der Waals surface area contributed by atoms with E-state index in [2.05, 4.69) is 17.8 Å². The minimum Gasteiger partial charge on any atom is -0.490 e. The van der Waals surface area contributed by atoms with Crippen molar-refractivity contribution in [3.05, 3.63) is 46.2 Å². The van der Waals surface area contributed by atoms with Gasteiger partial charge in [0.25, 0.3) is 11.8 Å². The lowest BCUT2D eigenvalue weighted by atomic mass is 10.2. The number of hydrazine groups is 1. The third-order valence-electron chi connectivity index (χ3n) is 3.30. The van der Waals surface area contributed by atoms with E-state index in [1.165, 1.54) is 11.3 Å². The van der Waals surface area contributed by atoms with E-state index in [1.54, 1.807) is 35.7 Å². The number of nitrogens with one attached hydrogen (secondary N) is 2. The summed E-state index contributed by atoms with van der Waals surface area (Å²) in [6, 6.07) is 8.40. The second-order valence-corrected chi connectivity index (χ2v) is 6.13. The van der Waals surface area contributed by atoms with Gasteiger partial charge in [0.15, 0.2) is 11.5 Å². The first-order valence-corrected chi connectivity index (χ1v) is 9.07. The highest BCUT2D eigenvalue weighted by Gasteiger charge is 2.13. The number of unbranched alkanes of at least 4 members (excludes halogenated alkanes) is 1. The Balaban J connectivity index is 2.00. The molecule has 0 spiro atoms. The molecule has 7 heteroatoms. The van der Waals surface area contributed by atoms with Crippen LogP contribution in [-0.4, -0.2) is 25.0 Å². The first kappa shape index (κ1) is 18.8. The number of ether oxygens (including phenoxy) is 2. The molecule has 2 aromatic rings. The fraction of sp³-hybridized carbons (Fsp3) is 0.333. The molecule has 0 saturated heterocycles. The van der Waals surface area contributed by atoms with Gasteiger partial charge in [0.1, 0.15) is 0 Å². The molecule has 25 heavy (non-hydrogen) atoms. The normalized spacial score (nSPS) is 10.2. The van der Waals surface area contributed by atoms with Crippen LogP contribution in [0.1, 0.15) is 46.7 Å². The molecule has 134 valence electrons. The molecular weight excluding hydrogens is 340 g/mol. The van der Waals surface area contributed by atoms with E-state index >= 15 is 0 Å². The maximum Gasteiger partial charge on any atom is 0.279 e. The van der Waals surface area contributed by atoms with Crippen molar-refractivity contribution < 1.29 is 19.1 Å². The minimum atomic E-state index is -0.425. The fourth-order valence-electron chi connectivity index (χ4n) is 2.02. The zero-order chi connectivity index (χ0) is 18.1. The first-order valence-electron chi connectivity index (χ1n) is 8.19. The van der Waals surface area contributed by atoms with Gasteiger partial charge in [0, 0.05) is 5.56 Å². The van der Waals surface area contributed by atoms with Gasteiger partial charge < -0.3 is 9.47 Å². The van der Waals surface area contributed by atoms with Gasteiger partial charge in [-0.1, -0.05) is 19.4 Å². The molecule has 2 rings (SSSR count). The van der Waals surface area contributed by atoms with Crippen molar-refractivity contribution in [2.24, 2.45) is 0 Å². The van der Waals surface area contributed by atoms with Crippen molar-refractivity contribution >= 4 is 23.2 Å². The van der Waals surface area contributed by atoms with Gasteiger partial charge in [0.05, 0.1) is 18.1 Å². The molecule has 0 atom stereocenters. The summed E-state index contributed by atoms with van der Waals surface area (Å²) >= 11 is 1.30. The summed E-state index contributed by atoms with van der Waals surface area (Å²) < 4.78 is 11.2. The van der Waals surface area contributed by atoms with Gasteiger partial charge in [0.2, 0.25) is 0 Å². The Labute approximate surface area is 151 Å². The molecule has 0 aliphatic carbocycles. The van der Waals surface area contributed by atoms with Gasteiger partial charge in [-0.25, -0.2) is 0 Å². The van der Waals surface area contributed by atoms with E-state index in [4.69, 9.17) is 9.47 Å². The van der Waals surface area contributed by atoms with Gasteiger partial charge in [-0.05, 0) is 43.0 Å². The van der Waals surface area contributed by atoms with Crippen LogP contribution in [0.15, 0.2) is 35.7 Å². The van der Waals surface area contributed by atoms with Crippen LogP contribution in [0, 0.1) is 0 Å². The average Bonchev–Trinajstić information content (AvgIpc) is 3.15. The van der Waals surface area contributed by atoms with Gasteiger partial charge in [-0.3, -0.25) is 20.4 Å². The summed E-state index contributed by atoms with van der Waals surface area (Å²) in [7, 11) is 0. The average molecular weight is 362 g/mol. The van der Waals surface area contributed by atoms with E-state index in [9.17, 15) is 9.59 Å². The van der Waals surface area contributed by atoms with Crippen LogP contribution in [0.5, 0.6) is 11.5 Å². The van der Waals surface area contributed by atoms with Crippen molar-refractivity contribution in [1.29, 1.82) is 0 Å². The highest BCUT2D eigenvalue weighted by Crippen LogP contribution is 2.28.